The second-order valence-electron chi connectivity index (χ2n) is 6.53. The molecule has 0 heterocycles. The zero-order valence-corrected chi connectivity index (χ0v) is 13.8. The van der Waals surface area contributed by atoms with Crippen molar-refractivity contribution in [1.29, 1.82) is 0 Å². The third-order valence-electron chi connectivity index (χ3n) is 3.66. The SMILES string of the molecule is C=C[C@@H](O[Si](C)(C)C(C)(C)C)C(C)(C)C(=O)Cl. The van der Waals surface area contributed by atoms with Gasteiger partial charge in [-0.2, -0.15) is 0 Å². The van der Waals surface area contributed by atoms with Crippen LogP contribution in [0.5, 0.6) is 0 Å². The number of rotatable bonds is 5. The van der Waals surface area contributed by atoms with Crippen LogP contribution in [0.1, 0.15) is 34.6 Å². The average molecular weight is 277 g/mol. The molecule has 0 aromatic rings. The summed E-state index contributed by atoms with van der Waals surface area (Å²) in [6.07, 6.45) is 1.34. The van der Waals surface area contributed by atoms with Gasteiger partial charge in [0.15, 0.2) is 8.32 Å². The lowest BCUT2D eigenvalue weighted by atomic mass is 9.88. The Morgan fingerprint density at radius 1 is 1.29 bits per heavy atom. The second kappa shape index (κ2) is 5.25. The monoisotopic (exact) mass is 276 g/mol. The zero-order valence-electron chi connectivity index (χ0n) is 12.1. The molecule has 1 atom stereocenters. The van der Waals surface area contributed by atoms with Gasteiger partial charge in [-0.25, -0.2) is 0 Å². The van der Waals surface area contributed by atoms with E-state index in [0.717, 1.165) is 0 Å². The molecule has 0 bridgehead atoms. The first-order valence-electron chi connectivity index (χ1n) is 5.86. The minimum Gasteiger partial charge on any atom is -0.410 e. The van der Waals surface area contributed by atoms with Crippen molar-refractivity contribution in [2.24, 2.45) is 5.41 Å². The van der Waals surface area contributed by atoms with Crippen molar-refractivity contribution in [2.45, 2.75) is 58.9 Å². The first-order valence-corrected chi connectivity index (χ1v) is 9.15. The Hall–Kier alpha value is -0.123. The molecule has 17 heavy (non-hydrogen) atoms. The van der Waals surface area contributed by atoms with E-state index in [4.69, 9.17) is 16.0 Å². The molecule has 0 aromatic heterocycles. The van der Waals surface area contributed by atoms with Gasteiger partial charge in [-0.1, -0.05) is 26.8 Å². The molecule has 0 amide bonds. The lowest BCUT2D eigenvalue weighted by Crippen LogP contribution is -2.48. The van der Waals surface area contributed by atoms with Crippen molar-refractivity contribution in [3.63, 3.8) is 0 Å². The first-order chi connectivity index (χ1) is 7.36. The molecule has 100 valence electrons. The van der Waals surface area contributed by atoms with Gasteiger partial charge in [0.25, 0.3) is 0 Å². The van der Waals surface area contributed by atoms with E-state index in [1.54, 1.807) is 19.9 Å². The Labute approximate surface area is 112 Å². The fourth-order valence-electron chi connectivity index (χ4n) is 1.10. The van der Waals surface area contributed by atoms with Gasteiger partial charge in [0.2, 0.25) is 5.24 Å². The van der Waals surface area contributed by atoms with Crippen LogP contribution in [0.3, 0.4) is 0 Å². The molecule has 0 N–H and O–H groups in total. The smallest absolute Gasteiger partial charge is 0.230 e. The van der Waals surface area contributed by atoms with Crippen molar-refractivity contribution < 1.29 is 9.22 Å². The highest BCUT2D eigenvalue weighted by atomic mass is 35.5. The summed E-state index contributed by atoms with van der Waals surface area (Å²) in [4.78, 5) is 11.5. The van der Waals surface area contributed by atoms with Crippen LogP contribution in [-0.2, 0) is 9.22 Å². The number of halogens is 1. The summed E-state index contributed by atoms with van der Waals surface area (Å²) in [5.41, 5.74) is -0.737. The molecule has 4 heteroatoms. The lowest BCUT2D eigenvalue weighted by Gasteiger charge is -2.42. The molecule has 0 rings (SSSR count). The Kier molecular flexibility index (Phi) is 5.21. The highest BCUT2D eigenvalue weighted by molar-refractivity contribution is 6.74. The summed E-state index contributed by atoms with van der Waals surface area (Å²) in [5, 5.41) is -0.291. The molecular formula is C13H25ClO2Si. The Morgan fingerprint density at radius 3 is 1.94 bits per heavy atom. The maximum absolute atomic E-state index is 11.5. The van der Waals surface area contributed by atoms with Crippen LogP contribution in [-0.4, -0.2) is 19.7 Å². The third-order valence-corrected chi connectivity index (χ3v) is 8.60. The summed E-state index contributed by atoms with van der Waals surface area (Å²) in [7, 11) is -1.93. The molecule has 0 aliphatic heterocycles. The maximum atomic E-state index is 11.5. The normalized spacial score (nSPS) is 15.5. The van der Waals surface area contributed by atoms with Gasteiger partial charge in [0.1, 0.15) is 0 Å². The summed E-state index contributed by atoms with van der Waals surface area (Å²) in [6, 6.07) is 0. The second-order valence-corrected chi connectivity index (χ2v) is 11.6. The fourth-order valence-corrected chi connectivity index (χ4v) is 2.58. The van der Waals surface area contributed by atoms with E-state index in [-0.39, 0.29) is 16.4 Å². The molecule has 0 fully saturated rings. The van der Waals surface area contributed by atoms with Gasteiger partial charge in [0, 0.05) is 0 Å². The van der Waals surface area contributed by atoms with Gasteiger partial charge in [0.05, 0.1) is 11.5 Å². The van der Waals surface area contributed by atoms with E-state index in [1.807, 2.05) is 0 Å². The highest BCUT2D eigenvalue weighted by Gasteiger charge is 2.43. The van der Waals surface area contributed by atoms with Gasteiger partial charge < -0.3 is 4.43 Å². The van der Waals surface area contributed by atoms with Crippen LogP contribution in [0.25, 0.3) is 0 Å². The molecule has 0 saturated heterocycles. The van der Waals surface area contributed by atoms with Crippen molar-refractivity contribution in [1.82, 2.24) is 0 Å². The van der Waals surface area contributed by atoms with E-state index >= 15 is 0 Å². The molecule has 2 nitrogen and oxygen atoms in total. The molecule has 0 aromatic carbocycles. The Morgan fingerprint density at radius 2 is 1.71 bits per heavy atom. The van der Waals surface area contributed by atoms with Gasteiger partial charge in [-0.05, 0) is 43.6 Å². The minimum absolute atomic E-state index is 0.0969. The molecule has 0 aliphatic rings. The van der Waals surface area contributed by atoms with Crippen molar-refractivity contribution in [3.8, 4) is 0 Å². The molecule has 0 spiro atoms. The van der Waals surface area contributed by atoms with E-state index in [0.29, 0.717) is 0 Å². The maximum Gasteiger partial charge on any atom is 0.230 e. The number of carbonyl (C=O) groups is 1. The van der Waals surface area contributed by atoms with E-state index in [9.17, 15) is 4.79 Å². The predicted octanol–water partition coefficient (Wildman–Crippen LogP) is 4.35. The first kappa shape index (κ1) is 16.9. The standard InChI is InChI=1S/C13H25ClO2Si/c1-9-10(13(5,6)11(14)15)16-17(7,8)12(2,3)4/h9-10H,1H2,2-8H3/t10-/m1/s1. The molecular weight excluding hydrogens is 252 g/mol. The number of hydrogen-bond donors (Lipinski definition) is 0. The quantitative estimate of drug-likeness (QED) is 0.424. The van der Waals surface area contributed by atoms with Crippen LogP contribution in [0.15, 0.2) is 12.7 Å². The molecule has 0 radical (unpaired) electrons. The number of carbonyl (C=O) groups excluding carboxylic acids is 1. The predicted molar refractivity (Wildman–Crippen MR) is 76.9 cm³/mol. The summed E-state index contributed by atoms with van der Waals surface area (Å²) in [6.45, 7) is 18.1. The lowest BCUT2D eigenvalue weighted by molar-refractivity contribution is -0.122. The fraction of sp³-hybridized carbons (Fsp3) is 0.769. The van der Waals surface area contributed by atoms with E-state index < -0.39 is 13.7 Å². The zero-order chi connectivity index (χ0) is 14.1. The van der Waals surface area contributed by atoms with E-state index in [1.165, 1.54) is 0 Å². The van der Waals surface area contributed by atoms with Gasteiger partial charge in [-0.3, -0.25) is 4.79 Å². The summed E-state index contributed by atoms with van der Waals surface area (Å²) in [5.74, 6) is 0. The summed E-state index contributed by atoms with van der Waals surface area (Å²) < 4.78 is 6.19. The van der Waals surface area contributed by atoms with Crippen molar-refractivity contribution >= 4 is 25.2 Å². The van der Waals surface area contributed by atoms with Crippen LogP contribution in [0.4, 0.5) is 0 Å². The highest BCUT2D eigenvalue weighted by Crippen LogP contribution is 2.40. The number of hydrogen-bond acceptors (Lipinski definition) is 2. The van der Waals surface area contributed by atoms with E-state index in [2.05, 4.69) is 40.4 Å². The van der Waals surface area contributed by atoms with Crippen LogP contribution in [0.2, 0.25) is 18.1 Å². The molecule has 0 unspecified atom stereocenters. The van der Waals surface area contributed by atoms with Crippen molar-refractivity contribution in [2.75, 3.05) is 0 Å². The Bertz CT molecular complexity index is 303. The largest absolute Gasteiger partial charge is 0.410 e. The summed E-state index contributed by atoms with van der Waals surface area (Å²) >= 11 is 5.63. The molecule has 0 saturated carbocycles. The van der Waals surface area contributed by atoms with Crippen molar-refractivity contribution in [3.05, 3.63) is 12.7 Å². The van der Waals surface area contributed by atoms with Crippen LogP contribution < -0.4 is 0 Å². The van der Waals surface area contributed by atoms with Gasteiger partial charge in [-0.15, -0.1) is 6.58 Å². The van der Waals surface area contributed by atoms with Crippen LogP contribution >= 0.6 is 11.6 Å². The van der Waals surface area contributed by atoms with Crippen LogP contribution in [0, 0.1) is 5.41 Å². The third kappa shape index (κ3) is 3.93. The molecule has 0 aliphatic carbocycles. The minimum atomic E-state index is -1.93. The Balaban J connectivity index is 5.10. The van der Waals surface area contributed by atoms with Gasteiger partial charge >= 0.3 is 0 Å². The topological polar surface area (TPSA) is 26.3 Å². The average Bonchev–Trinajstić information content (AvgIpc) is 2.11.